The Morgan fingerprint density at radius 1 is 1.03 bits per heavy atom. The molecule has 8 heteroatoms. The van der Waals surface area contributed by atoms with Gasteiger partial charge in [0.05, 0.1) is 12.0 Å². The summed E-state index contributed by atoms with van der Waals surface area (Å²) in [6.07, 6.45) is 6.84. The molecule has 0 aliphatic carbocycles. The van der Waals surface area contributed by atoms with Crippen LogP contribution in [0.3, 0.4) is 0 Å². The van der Waals surface area contributed by atoms with Gasteiger partial charge in [0.2, 0.25) is 0 Å². The average Bonchev–Trinajstić information content (AvgIpc) is 2.91. The molecule has 0 N–H and O–H groups in total. The van der Waals surface area contributed by atoms with Crippen LogP contribution in [-0.4, -0.2) is 30.9 Å². The van der Waals surface area contributed by atoms with Crippen molar-refractivity contribution in [3.05, 3.63) is 99.4 Å². The highest BCUT2D eigenvalue weighted by molar-refractivity contribution is 6.07. The number of anilines is 1. The number of allylic oxidation sites excluding steroid dienone is 1. The zero-order valence-electron chi connectivity index (χ0n) is 20.0. The lowest BCUT2D eigenvalue weighted by molar-refractivity contribution is -0.386. The third-order valence-electron chi connectivity index (χ3n) is 6.11. The number of ketones is 1. The Morgan fingerprint density at radius 3 is 2.47 bits per heavy atom. The number of hydrogen-bond donors (Lipinski definition) is 0. The molecule has 36 heavy (non-hydrogen) atoms. The first-order chi connectivity index (χ1) is 17.4. The molecule has 3 aromatic rings. The first-order valence-electron chi connectivity index (χ1n) is 11.8. The molecule has 1 saturated heterocycles. The number of rotatable bonds is 9. The van der Waals surface area contributed by atoms with Crippen molar-refractivity contribution < 1.29 is 23.6 Å². The maximum absolute atomic E-state index is 13.6. The van der Waals surface area contributed by atoms with Gasteiger partial charge in [-0.1, -0.05) is 12.1 Å². The third kappa shape index (κ3) is 6.07. The van der Waals surface area contributed by atoms with Crippen molar-refractivity contribution in [2.45, 2.75) is 25.9 Å². The maximum atomic E-state index is 13.6. The molecule has 4 rings (SSSR count). The first-order valence-corrected chi connectivity index (χ1v) is 11.8. The Balaban J connectivity index is 1.46. The van der Waals surface area contributed by atoms with Gasteiger partial charge in [0, 0.05) is 42.0 Å². The summed E-state index contributed by atoms with van der Waals surface area (Å²) in [4.78, 5) is 25.6. The van der Waals surface area contributed by atoms with E-state index in [-0.39, 0.29) is 23.8 Å². The minimum Gasteiger partial charge on any atom is -0.496 e. The van der Waals surface area contributed by atoms with E-state index in [1.54, 1.807) is 24.3 Å². The Labute approximate surface area is 208 Å². The second-order valence-corrected chi connectivity index (χ2v) is 8.52. The van der Waals surface area contributed by atoms with Gasteiger partial charge in [-0.3, -0.25) is 14.9 Å². The minimum atomic E-state index is -0.637. The highest BCUT2D eigenvalue weighted by atomic mass is 19.1. The van der Waals surface area contributed by atoms with Crippen LogP contribution in [0.2, 0.25) is 0 Å². The number of nitrogens with zero attached hydrogens (tertiary/aromatic N) is 2. The molecule has 0 bridgehead atoms. The van der Waals surface area contributed by atoms with Gasteiger partial charge in [-0.2, -0.15) is 0 Å². The summed E-state index contributed by atoms with van der Waals surface area (Å²) < 4.78 is 24.5. The second-order valence-electron chi connectivity index (χ2n) is 8.52. The van der Waals surface area contributed by atoms with E-state index in [1.165, 1.54) is 32.4 Å². The van der Waals surface area contributed by atoms with Gasteiger partial charge < -0.3 is 14.4 Å². The smallest absolute Gasteiger partial charge is 0.311 e. The number of hydrogen-bond acceptors (Lipinski definition) is 6. The Hall–Kier alpha value is -4.20. The van der Waals surface area contributed by atoms with Crippen molar-refractivity contribution in [3.63, 3.8) is 0 Å². The van der Waals surface area contributed by atoms with Crippen molar-refractivity contribution in [2.75, 3.05) is 25.1 Å². The molecular formula is C28H27FN2O5. The van der Waals surface area contributed by atoms with Gasteiger partial charge in [0.15, 0.2) is 11.5 Å². The molecule has 0 atom stereocenters. The van der Waals surface area contributed by atoms with Crippen molar-refractivity contribution in [1.82, 2.24) is 0 Å². The molecule has 0 saturated carbocycles. The zero-order chi connectivity index (χ0) is 25.5. The summed E-state index contributed by atoms with van der Waals surface area (Å²) in [6.45, 7) is 2.01. The van der Waals surface area contributed by atoms with E-state index in [9.17, 15) is 19.3 Å². The lowest BCUT2D eigenvalue weighted by Gasteiger charge is -2.28. The van der Waals surface area contributed by atoms with Crippen molar-refractivity contribution in [2.24, 2.45) is 0 Å². The summed E-state index contributed by atoms with van der Waals surface area (Å²) in [5.41, 5.74) is 2.72. The molecule has 7 nitrogen and oxygen atoms in total. The van der Waals surface area contributed by atoms with Gasteiger partial charge in [-0.15, -0.1) is 0 Å². The van der Waals surface area contributed by atoms with Crippen LogP contribution in [0.1, 0.15) is 40.7 Å². The number of ether oxygens (including phenoxy) is 2. The topological polar surface area (TPSA) is 81.9 Å². The highest BCUT2D eigenvalue weighted by Gasteiger charge is 2.17. The Bertz CT molecular complexity index is 1270. The SMILES string of the molecule is COc1ccc(/C=C/C(=O)c2ccc(N3CCCCC3)cc2)cc1COc1cc(F)ccc1[N+](=O)[O-]. The highest BCUT2D eigenvalue weighted by Crippen LogP contribution is 2.30. The largest absolute Gasteiger partial charge is 0.496 e. The quantitative estimate of drug-likeness (QED) is 0.154. The fourth-order valence-corrected chi connectivity index (χ4v) is 4.18. The molecule has 3 aromatic carbocycles. The number of nitro groups is 1. The Morgan fingerprint density at radius 2 is 1.78 bits per heavy atom. The van der Waals surface area contributed by atoms with Crippen molar-refractivity contribution >= 4 is 23.2 Å². The average molecular weight is 491 g/mol. The maximum Gasteiger partial charge on any atom is 0.311 e. The summed E-state index contributed by atoms with van der Waals surface area (Å²) in [5, 5.41) is 11.2. The summed E-state index contributed by atoms with van der Waals surface area (Å²) in [5.74, 6) is -0.428. The number of piperidine rings is 1. The van der Waals surface area contributed by atoms with Crippen LogP contribution in [0.5, 0.6) is 11.5 Å². The van der Waals surface area contributed by atoms with Crippen LogP contribution in [-0.2, 0) is 6.61 Å². The molecule has 0 spiro atoms. The number of nitro benzene ring substituents is 1. The van der Waals surface area contributed by atoms with Crippen LogP contribution in [0.4, 0.5) is 15.8 Å². The van der Waals surface area contributed by atoms with Gasteiger partial charge in [0.1, 0.15) is 18.2 Å². The molecule has 186 valence electrons. The normalized spacial score (nSPS) is 13.6. The number of methoxy groups -OCH3 is 1. The van der Waals surface area contributed by atoms with Crippen molar-refractivity contribution in [3.8, 4) is 11.5 Å². The van der Waals surface area contributed by atoms with E-state index in [2.05, 4.69) is 4.90 Å². The van der Waals surface area contributed by atoms with Gasteiger partial charge >= 0.3 is 5.69 Å². The predicted octanol–water partition coefficient (Wildman–Crippen LogP) is 6.21. The Kier molecular flexibility index (Phi) is 7.95. The number of halogens is 1. The second kappa shape index (κ2) is 11.5. The van der Waals surface area contributed by atoms with Crippen LogP contribution in [0.25, 0.3) is 6.08 Å². The molecule has 1 aliphatic heterocycles. The fraction of sp³-hybridized carbons (Fsp3) is 0.250. The molecule has 1 aliphatic rings. The third-order valence-corrected chi connectivity index (χ3v) is 6.11. The monoisotopic (exact) mass is 490 g/mol. The molecule has 0 aromatic heterocycles. The van der Waals surface area contributed by atoms with E-state index < -0.39 is 10.7 Å². The van der Waals surface area contributed by atoms with Crippen molar-refractivity contribution in [1.29, 1.82) is 0 Å². The number of benzene rings is 3. The van der Waals surface area contributed by atoms with Gasteiger partial charge in [-0.05, 0) is 73.4 Å². The summed E-state index contributed by atoms with van der Waals surface area (Å²) in [7, 11) is 1.50. The van der Waals surface area contributed by atoms with Gasteiger partial charge in [0.25, 0.3) is 0 Å². The molecular weight excluding hydrogens is 463 g/mol. The fourth-order valence-electron chi connectivity index (χ4n) is 4.18. The van der Waals surface area contributed by atoms with Gasteiger partial charge in [-0.25, -0.2) is 4.39 Å². The lowest BCUT2D eigenvalue weighted by Crippen LogP contribution is -2.29. The van der Waals surface area contributed by atoms with E-state index in [0.717, 1.165) is 42.5 Å². The van der Waals surface area contributed by atoms with E-state index in [0.29, 0.717) is 16.9 Å². The first kappa shape index (κ1) is 24.9. The van der Waals surface area contributed by atoms with E-state index >= 15 is 0 Å². The van der Waals surface area contributed by atoms with E-state index in [4.69, 9.17) is 9.47 Å². The van der Waals surface area contributed by atoms with Crippen LogP contribution in [0.15, 0.2) is 66.7 Å². The van der Waals surface area contributed by atoms with E-state index in [1.807, 2.05) is 24.3 Å². The number of carbonyl (C=O) groups is 1. The predicted molar refractivity (Wildman–Crippen MR) is 136 cm³/mol. The molecule has 0 unspecified atom stereocenters. The van der Waals surface area contributed by atoms with Crippen LogP contribution < -0.4 is 14.4 Å². The van der Waals surface area contributed by atoms with Crippen LogP contribution >= 0.6 is 0 Å². The summed E-state index contributed by atoms with van der Waals surface area (Å²) in [6, 6.07) is 16.0. The standard InChI is InChI=1S/C28H27FN2O5/c1-35-27-14-6-20(17-22(27)19-36-28-18-23(29)9-12-25(28)31(33)34)5-13-26(32)21-7-10-24(11-8-21)30-15-3-2-4-16-30/h5-14,17-18H,2-4,15-16,19H2,1H3/b13-5+. The molecule has 0 radical (unpaired) electrons. The summed E-state index contributed by atoms with van der Waals surface area (Å²) >= 11 is 0. The van der Waals surface area contributed by atoms with Crippen LogP contribution in [0, 0.1) is 15.9 Å². The molecule has 1 fully saturated rings. The minimum absolute atomic E-state index is 0.0823. The molecule has 0 amide bonds. The lowest BCUT2D eigenvalue weighted by atomic mass is 10.1. The zero-order valence-corrected chi connectivity index (χ0v) is 20.0. The molecule has 1 heterocycles. The number of carbonyl (C=O) groups excluding carboxylic acids is 1.